The summed E-state index contributed by atoms with van der Waals surface area (Å²) < 4.78 is 28.8. The molecular formula is C24H26N2O4S. The van der Waals surface area contributed by atoms with Crippen molar-refractivity contribution >= 4 is 21.6 Å². The zero-order chi connectivity index (χ0) is 21.4. The number of nitrogens with two attached hydrogens (primary N) is 1. The Morgan fingerprint density at radius 2 is 1.77 bits per heavy atom. The first-order valence-corrected chi connectivity index (χ1v) is 12.6. The number of benzene rings is 2. The number of hydrogen-bond acceptors (Lipinski definition) is 4. The average molecular weight is 439 g/mol. The van der Waals surface area contributed by atoms with Crippen LogP contribution in [-0.4, -0.2) is 20.9 Å². The molecule has 6 nitrogen and oxygen atoms in total. The van der Waals surface area contributed by atoms with Gasteiger partial charge in [-0.05, 0) is 91.7 Å². The Kier molecular flexibility index (Phi) is 4.09. The van der Waals surface area contributed by atoms with E-state index in [1.807, 2.05) is 6.07 Å². The third-order valence-corrected chi connectivity index (χ3v) is 8.98. The number of primary sulfonamides is 1. The first kappa shape index (κ1) is 19.3. The fraction of sp³-hybridized carbons (Fsp3) is 0.458. The van der Waals surface area contributed by atoms with Crippen molar-refractivity contribution in [3.63, 3.8) is 0 Å². The number of nitrogens with one attached hydrogen (secondary N) is 1. The molecule has 0 saturated heterocycles. The van der Waals surface area contributed by atoms with Gasteiger partial charge in [-0.3, -0.25) is 4.79 Å². The van der Waals surface area contributed by atoms with Gasteiger partial charge in [-0.25, -0.2) is 13.6 Å². The Balaban J connectivity index is 1.20. The smallest absolute Gasteiger partial charge is 0.262 e. The van der Waals surface area contributed by atoms with Crippen LogP contribution in [0.15, 0.2) is 47.4 Å². The van der Waals surface area contributed by atoms with Crippen LogP contribution in [0.3, 0.4) is 0 Å². The highest BCUT2D eigenvalue weighted by Crippen LogP contribution is 2.71. The average Bonchev–Trinajstić information content (AvgIpc) is 2.71. The normalized spacial score (nSPS) is 32.0. The predicted molar refractivity (Wildman–Crippen MR) is 116 cm³/mol. The van der Waals surface area contributed by atoms with Crippen LogP contribution < -0.4 is 15.2 Å². The summed E-state index contributed by atoms with van der Waals surface area (Å²) in [7, 11) is -3.75. The molecular weight excluding hydrogens is 412 g/mol. The number of anilines is 1. The molecule has 1 spiro atoms. The lowest BCUT2D eigenvalue weighted by atomic mass is 9.39. The predicted octanol–water partition coefficient (Wildman–Crippen LogP) is 3.53. The molecule has 6 aliphatic rings. The van der Waals surface area contributed by atoms with Crippen LogP contribution in [0.1, 0.15) is 49.1 Å². The highest BCUT2D eigenvalue weighted by molar-refractivity contribution is 7.89. The number of carbonyl (C=O) groups excluding carboxylic acids is 1. The van der Waals surface area contributed by atoms with Gasteiger partial charge in [0.05, 0.1) is 4.90 Å². The third kappa shape index (κ3) is 3.01. The summed E-state index contributed by atoms with van der Waals surface area (Å²) in [5.74, 6) is 3.78. The standard InChI is InChI=1S/C24H26N2O4S/c25-31(28,29)18-6-4-17(5-7-18)26-21(27)13-30-20-3-1-2-19-22-15-8-14-9-16(22)12-24(10-14,11-15)23(19)20/h1-7,14-16,22H,8-13H2,(H,26,27)(H2,25,28,29). The number of amides is 1. The van der Waals surface area contributed by atoms with Crippen LogP contribution >= 0.6 is 0 Å². The molecule has 8 rings (SSSR count). The molecule has 162 valence electrons. The molecule has 4 saturated carbocycles. The number of ether oxygens (including phenoxy) is 1. The van der Waals surface area contributed by atoms with E-state index in [0.717, 1.165) is 23.5 Å². The summed E-state index contributed by atoms with van der Waals surface area (Å²) in [4.78, 5) is 12.5. The van der Waals surface area contributed by atoms with Gasteiger partial charge in [-0.2, -0.15) is 0 Å². The van der Waals surface area contributed by atoms with E-state index in [-0.39, 0.29) is 22.8 Å². The molecule has 5 bridgehead atoms. The van der Waals surface area contributed by atoms with E-state index in [4.69, 9.17) is 9.88 Å². The fourth-order valence-corrected chi connectivity index (χ4v) is 7.94. The van der Waals surface area contributed by atoms with E-state index in [2.05, 4.69) is 17.4 Å². The summed E-state index contributed by atoms with van der Waals surface area (Å²) in [5, 5.41) is 7.87. The van der Waals surface area contributed by atoms with Gasteiger partial charge >= 0.3 is 0 Å². The van der Waals surface area contributed by atoms with Gasteiger partial charge in [-0.1, -0.05) is 12.1 Å². The fourth-order valence-electron chi connectivity index (χ4n) is 7.42. The quantitative estimate of drug-likeness (QED) is 0.746. The minimum Gasteiger partial charge on any atom is -0.483 e. The minimum atomic E-state index is -3.75. The van der Waals surface area contributed by atoms with Crippen molar-refractivity contribution in [2.24, 2.45) is 22.9 Å². The number of carbonyl (C=O) groups is 1. The molecule has 0 aliphatic heterocycles. The van der Waals surface area contributed by atoms with Crippen molar-refractivity contribution in [1.29, 1.82) is 0 Å². The second-order valence-corrected chi connectivity index (χ2v) is 11.5. The second-order valence-electron chi connectivity index (χ2n) is 9.90. The minimum absolute atomic E-state index is 0.0100. The molecule has 31 heavy (non-hydrogen) atoms. The van der Waals surface area contributed by atoms with Crippen molar-refractivity contribution in [2.75, 3.05) is 11.9 Å². The molecule has 6 aliphatic carbocycles. The van der Waals surface area contributed by atoms with Crippen molar-refractivity contribution in [3.05, 3.63) is 53.6 Å². The summed E-state index contributed by atoms with van der Waals surface area (Å²) in [5.41, 5.74) is 3.60. The second kappa shape index (κ2) is 6.56. The molecule has 0 aromatic heterocycles. The van der Waals surface area contributed by atoms with E-state index in [1.54, 1.807) is 0 Å². The largest absolute Gasteiger partial charge is 0.483 e. The number of rotatable bonds is 5. The van der Waals surface area contributed by atoms with E-state index >= 15 is 0 Å². The molecule has 1 amide bonds. The summed E-state index contributed by atoms with van der Waals surface area (Å²) in [6.07, 6.45) is 6.60. The van der Waals surface area contributed by atoms with Crippen LogP contribution in [0.5, 0.6) is 5.75 Å². The van der Waals surface area contributed by atoms with E-state index in [1.165, 1.54) is 67.5 Å². The van der Waals surface area contributed by atoms with Gasteiger partial charge in [0, 0.05) is 16.7 Å². The zero-order valence-corrected chi connectivity index (χ0v) is 18.0. The SMILES string of the molecule is NS(=O)(=O)c1ccc(NC(=O)COc2cccc3c2C24CC5CC(C2)C3C(C5)C4)cc1. The maximum Gasteiger partial charge on any atom is 0.262 e. The summed E-state index contributed by atoms with van der Waals surface area (Å²) in [6, 6.07) is 12.2. The Hall–Kier alpha value is -2.38. The van der Waals surface area contributed by atoms with Gasteiger partial charge in [0.1, 0.15) is 5.75 Å². The Bertz CT molecular complexity index is 1160. The number of sulfonamides is 1. The van der Waals surface area contributed by atoms with Crippen molar-refractivity contribution in [2.45, 2.75) is 48.3 Å². The van der Waals surface area contributed by atoms with Crippen molar-refractivity contribution in [1.82, 2.24) is 0 Å². The topological polar surface area (TPSA) is 98.5 Å². The van der Waals surface area contributed by atoms with Crippen molar-refractivity contribution < 1.29 is 17.9 Å². The highest BCUT2D eigenvalue weighted by Gasteiger charge is 2.61. The maximum atomic E-state index is 12.5. The maximum absolute atomic E-state index is 12.5. The van der Waals surface area contributed by atoms with Gasteiger partial charge in [0.25, 0.3) is 5.91 Å². The molecule has 0 radical (unpaired) electrons. The van der Waals surface area contributed by atoms with Crippen molar-refractivity contribution in [3.8, 4) is 5.75 Å². The molecule has 0 heterocycles. The van der Waals surface area contributed by atoms with E-state index in [0.29, 0.717) is 11.6 Å². The third-order valence-electron chi connectivity index (χ3n) is 8.05. The molecule has 2 unspecified atom stereocenters. The Morgan fingerprint density at radius 1 is 1.06 bits per heavy atom. The first-order chi connectivity index (χ1) is 14.8. The molecule has 2 aromatic carbocycles. The van der Waals surface area contributed by atoms with Crippen LogP contribution in [0.4, 0.5) is 5.69 Å². The Labute approximate surface area is 182 Å². The van der Waals surface area contributed by atoms with Crippen LogP contribution in [-0.2, 0) is 20.2 Å². The molecule has 2 atom stereocenters. The lowest BCUT2D eigenvalue weighted by Gasteiger charge is -2.65. The molecule has 3 N–H and O–H groups in total. The molecule has 4 fully saturated rings. The van der Waals surface area contributed by atoms with Gasteiger partial charge in [0.2, 0.25) is 10.0 Å². The van der Waals surface area contributed by atoms with Gasteiger partial charge in [-0.15, -0.1) is 0 Å². The van der Waals surface area contributed by atoms with Crippen LogP contribution in [0, 0.1) is 17.8 Å². The van der Waals surface area contributed by atoms with Crippen LogP contribution in [0.25, 0.3) is 0 Å². The van der Waals surface area contributed by atoms with E-state index < -0.39 is 10.0 Å². The van der Waals surface area contributed by atoms with E-state index in [9.17, 15) is 13.2 Å². The molecule has 2 aromatic rings. The molecule has 7 heteroatoms. The summed E-state index contributed by atoms with van der Waals surface area (Å²) >= 11 is 0. The number of hydrogen-bond donors (Lipinski definition) is 2. The van der Waals surface area contributed by atoms with Crippen LogP contribution in [0.2, 0.25) is 0 Å². The zero-order valence-electron chi connectivity index (χ0n) is 17.2. The highest BCUT2D eigenvalue weighted by atomic mass is 32.2. The summed E-state index contributed by atoms with van der Waals surface area (Å²) in [6.45, 7) is -0.0789. The van der Waals surface area contributed by atoms with Gasteiger partial charge in [0.15, 0.2) is 6.61 Å². The lowest BCUT2D eigenvalue weighted by Crippen LogP contribution is -2.56. The monoisotopic (exact) mass is 438 g/mol. The van der Waals surface area contributed by atoms with Gasteiger partial charge < -0.3 is 10.1 Å². The first-order valence-electron chi connectivity index (χ1n) is 11.0. The lowest BCUT2D eigenvalue weighted by molar-refractivity contribution is -0.118. The Morgan fingerprint density at radius 3 is 2.45 bits per heavy atom.